The maximum absolute atomic E-state index is 13.1. The fourth-order valence-corrected chi connectivity index (χ4v) is 4.61. The molecule has 0 fully saturated rings. The van der Waals surface area contributed by atoms with E-state index < -0.39 is 22.5 Å². The zero-order valence-corrected chi connectivity index (χ0v) is 17.0. The van der Waals surface area contributed by atoms with E-state index in [2.05, 4.69) is 10.4 Å². The lowest BCUT2D eigenvalue weighted by atomic mass is 10.0. The molecule has 8 heteroatoms. The van der Waals surface area contributed by atoms with E-state index in [1.165, 1.54) is 13.2 Å². The number of nitrogens with zero attached hydrogens (tertiary/aromatic N) is 2. The summed E-state index contributed by atoms with van der Waals surface area (Å²) in [5, 5.41) is 7.03. The SMILES string of the molecule is COc1ccccc1NC(=O)CN1N=C(c2ccccc2)c2ccccc2S1(=O)=O. The van der Waals surface area contributed by atoms with Crippen LogP contribution >= 0.6 is 0 Å². The molecular formula is C22H19N3O4S. The van der Waals surface area contributed by atoms with Gasteiger partial charge in [0.05, 0.1) is 17.7 Å². The van der Waals surface area contributed by atoms with Gasteiger partial charge in [-0.2, -0.15) is 17.9 Å². The normalized spacial score (nSPS) is 14.4. The first-order chi connectivity index (χ1) is 14.5. The maximum Gasteiger partial charge on any atom is 0.280 e. The van der Waals surface area contributed by atoms with Crippen molar-refractivity contribution in [1.82, 2.24) is 4.41 Å². The third-order valence-corrected chi connectivity index (χ3v) is 6.29. The Hall–Kier alpha value is -3.65. The lowest BCUT2D eigenvalue weighted by Gasteiger charge is -2.26. The van der Waals surface area contributed by atoms with Gasteiger partial charge < -0.3 is 10.1 Å². The van der Waals surface area contributed by atoms with Gasteiger partial charge in [-0.25, -0.2) is 0 Å². The molecule has 1 amide bonds. The van der Waals surface area contributed by atoms with Crippen LogP contribution in [0.15, 0.2) is 88.9 Å². The molecule has 3 aromatic carbocycles. The van der Waals surface area contributed by atoms with Crippen LogP contribution in [0.4, 0.5) is 5.69 Å². The average molecular weight is 421 g/mol. The standard InChI is InChI=1S/C22H19N3O4S/c1-29-19-13-7-6-12-18(19)23-21(26)15-25-24-22(16-9-3-2-4-10-16)17-11-5-8-14-20(17)30(25,27)28/h2-14H,15H2,1H3,(H,23,26). The number of benzene rings is 3. The summed E-state index contributed by atoms with van der Waals surface area (Å²) in [4.78, 5) is 12.8. The molecular weight excluding hydrogens is 402 g/mol. The topological polar surface area (TPSA) is 88.1 Å². The number of amides is 1. The second-order valence-corrected chi connectivity index (χ2v) is 8.36. The molecule has 0 atom stereocenters. The van der Waals surface area contributed by atoms with Gasteiger partial charge in [0.25, 0.3) is 10.0 Å². The highest BCUT2D eigenvalue weighted by molar-refractivity contribution is 7.89. The van der Waals surface area contributed by atoms with E-state index in [0.717, 1.165) is 9.98 Å². The van der Waals surface area contributed by atoms with Crippen molar-refractivity contribution in [3.63, 3.8) is 0 Å². The van der Waals surface area contributed by atoms with E-state index in [9.17, 15) is 13.2 Å². The third kappa shape index (κ3) is 3.65. The second kappa shape index (κ2) is 8.00. The summed E-state index contributed by atoms with van der Waals surface area (Å²) in [7, 11) is -2.48. The minimum absolute atomic E-state index is 0.115. The molecule has 0 aliphatic carbocycles. The van der Waals surface area contributed by atoms with E-state index in [1.54, 1.807) is 42.5 Å². The van der Waals surface area contributed by atoms with Crippen LogP contribution in [0.3, 0.4) is 0 Å². The Labute approximate surface area is 174 Å². The average Bonchev–Trinajstić information content (AvgIpc) is 2.77. The summed E-state index contributed by atoms with van der Waals surface area (Å²) in [5.41, 5.74) is 2.21. The highest BCUT2D eigenvalue weighted by atomic mass is 32.2. The van der Waals surface area contributed by atoms with Gasteiger partial charge >= 0.3 is 0 Å². The van der Waals surface area contributed by atoms with Crippen LogP contribution in [0.1, 0.15) is 11.1 Å². The number of carbonyl (C=O) groups is 1. The minimum Gasteiger partial charge on any atom is -0.495 e. The molecule has 3 aromatic rings. The highest BCUT2D eigenvalue weighted by Gasteiger charge is 2.34. The molecule has 0 aromatic heterocycles. The molecule has 1 heterocycles. The molecule has 0 unspecified atom stereocenters. The Bertz CT molecular complexity index is 1220. The van der Waals surface area contributed by atoms with Crippen molar-refractivity contribution in [3.05, 3.63) is 90.0 Å². The van der Waals surface area contributed by atoms with Crippen LogP contribution in [0, 0.1) is 0 Å². The molecule has 152 valence electrons. The Morgan fingerprint density at radius 1 is 0.967 bits per heavy atom. The molecule has 7 nitrogen and oxygen atoms in total. The van der Waals surface area contributed by atoms with Gasteiger partial charge in [0.1, 0.15) is 18.0 Å². The van der Waals surface area contributed by atoms with Gasteiger partial charge in [0.15, 0.2) is 0 Å². The number of anilines is 1. The van der Waals surface area contributed by atoms with E-state index in [4.69, 9.17) is 4.74 Å². The molecule has 30 heavy (non-hydrogen) atoms. The number of sulfonamides is 1. The molecule has 1 aliphatic rings. The van der Waals surface area contributed by atoms with Crippen molar-refractivity contribution in [2.45, 2.75) is 4.90 Å². The number of carbonyl (C=O) groups excluding carboxylic acids is 1. The Balaban J connectivity index is 1.69. The molecule has 4 rings (SSSR count). The van der Waals surface area contributed by atoms with Crippen LogP contribution in [-0.4, -0.2) is 38.1 Å². The van der Waals surface area contributed by atoms with Crippen molar-refractivity contribution in [2.24, 2.45) is 5.10 Å². The molecule has 0 spiro atoms. The van der Waals surface area contributed by atoms with Gasteiger partial charge in [-0.15, -0.1) is 0 Å². The van der Waals surface area contributed by atoms with Gasteiger partial charge in [-0.1, -0.05) is 60.7 Å². The number of para-hydroxylation sites is 2. The first-order valence-corrected chi connectivity index (χ1v) is 10.6. The van der Waals surface area contributed by atoms with E-state index in [-0.39, 0.29) is 4.90 Å². The Morgan fingerprint density at radius 3 is 2.40 bits per heavy atom. The minimum atomic E-state index is -3.97. The summed E-state index contributed by atoms with van der Waals surface area (Å²) < 4.78 is 32.3. The first-order valence-electron chi connectivity index (χ1n) is 9.20. The van der Waals surface area contributed by atoms with Crippen molar-refractivity contribution in [1.29, 1.82) is 0 Å². The van der Waals surface area contributed by atoms with E-state index in [1.807, 2.05) is 30.3 Å². The lowest BCUT2D eigenvalue weighted by Crippen LogP contribution is -2.38. The fourth-order valence-electron chi connectivity index (χ4n) is 3.21. The zero-order valence-electron chi connectivity index (χ0n) is 16.1. The number of methoxy groups -OCH3 is 1. The summed E-state index contributed by atoms with van der Waals surface area (Å²) in [5.74, 6) is -0.0511. The second-order valence-electron chi connectivity index (χ2n) is 6.54. The van der Waals surface area contributed by atoms with Gasteiger partial charge in [0.2, 0.25) is 5.91 Å². The zero-order chi connectivity index (χ0) is 21.1. The number of ether oxygens (including phenoxy) is 1. The fraction of sp³-hybridized carbons (Fsp3) is 0.0909. The first kappa shape index (κ1) is 19.7. The molecule has 0 radical (unpaired) electrons. The van der Waals surface area contributed by atoms with Crippen LogP contribution in [0.25, 0.3) is 0 Å². The van der Waals surface area contributed by atoms with Gasteiger partial charge in [-0.3, -0.25) is 4.79 Å². The Morgan fingerprint density at radius 2 is 1.63 bits per heavy atom. The lowest BCUT2D eigenvalue weighted by molar-refractivity contribution is -0.116. The van der Waals surface area contributed by atoms with Crippen LogP contribution in [0.2, 0.25) is 0 Å². The third-order valence-electron chi connectivity index (χ3n) is 4.62. The monoisotopic (exact) mass is 421 g/mol. The number of hydrogen-bond donors (Lipinski definition) is 1. The quantitative estimate of drug-likeness (QED) is 0.686. The number of rotatable bonds is 5. The molecule has 1 N–H and O–H groups in total. The summed E-state index contributed by atoms with van der Waals surface area (Å²) in [6.45, 7) is -0.467. The van der Waals surface area contributed by atoms with E-state index >= 15 is 0 Å². The van der Waals surface area contributed by atoms with Crippen LogP contribution in [0.5, 0.6) is 5.75 Å². The molecule has 0 bridgehead atoms. The number of nitrogens with one attached hydrogen (secondary N) is 1. The number of fused-ring (bicyclic) bond motifs is 1. The van der Waals surface area contributed by atoms with Crippen LogP contribution in [-0.2, 0) is 14.8 Å². The Kier molecular flexibility index (Phi) is 5.24. The summed E-state index contributed by atoms with van der Waals surface area (Å²) in [6.07, 6.45) is 0. The molecule has 0 saturated heterocycles. The predicted molar refractivity (Wildman–Crippen MR) is 114 cm³/mol. The van der Waals surface area contributed by atoms with Crippen molar-refractivity contribution < 1.29 is 17.9 Å². The van der Waals surface area contributed by atoms with Gasteiger partial charge in [-0.05, 0) is 18.2 Å². The van der Waals surface area contributed by atoms with Crippen molar-refractivity contribution >= 4 is 27.3 Å². The van der Waals surface area contributed by atoms with Crippen molar-refractivity contribution in [2.75, 3.05) is 19.0 Å². The smallest absolute Gasteiger partial charge is 0.280 e. The van der Waals surface area contributed by atoms with Gasteiger partial charge in [0, 0.05) is 11.1 Å². The summed E-state index contributed by atoms with van der Waals surface area (Å²) in [6, 6.07) is 22.8. The van der Waals surface area contributed by atoms with Crippen LogP contribution < -0.4 is 10.1 Å². The number of hydrogen-bond acceptors (Lipinski definition) is 5. The molecule has 0 saturated carbocycles. The van der Waals surface area contributed by atoms with Crippen molar-refractivity contribution in [3.8, 4) is 5.75 Å². The molecule has 1 aliphatic heterocycles. The summed E-state index contributed by atoms with van der Waals surface area (Å²) >= 11 is 0. The highest BCUT2D eigenvalue weighted by Crippen LogP contribution is 2.29. The maximum atomic E-state index is 13.1. The van der Waals surface area contributed by atoms with E-state index in [0.29, 0.717) is 22.7 Å². The largest absolute Gasteiger partial charge is 0.495 e. The predicted octanol–water partition coefficient (Wildman–Crippen LogP) is 3.09. The number of hydrazone groups is 1.